The molecule has 150 valence electrons. The number of nitrogens with two attached hydrogens (primary N) is 1. The average Bonchev–Trinajstić information content (AvgIpc) is 2.51. The van der Waals surface area contributed by atoms with Gasteiger partial charge in [0, 0.05) is 17.4 Å². The molecular weight excluding hydrogens is 378 g/mol. The van der Waals surface area contributed by atoms with Gasteiger partial charge in [0.2, 0.25) is 0 Å². The van der Waals surface area contributed by atoms with Crippen molar-refractivity contribution in [1.29, 1.82) is 0 Å². The molecule has 1 aromatic carbocycles. The number of benzene rings is 1. The third-order valence-corrected chi connectivity index (χ3v) is 12.0. The van der Waals surface area contributed by atoms with E-state index in [0.717, 1.165) is 12.2 Å². The number of rotatable bonds is 9. The molecule has 2 atom stereocenters. The van der Waals surface area contributed by atoms with E-state index in [-0.39, 0.29) is 11.0 Å². The minimum Gasteiger partial charge on any atom is -0.416 e. The lowest BCUT2D eigenvalue weighted by Crippen LogP contribution is -2.42. The van der Waals surface area contributed by atoms with E-state index in [1.165, 1.54) is 10.5 Å². The van der Waals surface area contributed by atoms with Crippen molar-refractivity contribution >= 4 is 31.1 Å². The van der Waals surface area contributed by atoms with Gasteiger partial charge < -0.3 is 4.43 Å². The van der Waals surface area contributed by atoms with Gasteiger partial charge in [0.05, 0.1) is 15.7 Å². The zero-order valence-corrected chi connectivity index (χ0v) is 20.4. The van der Waals surface area contributed by atoms with Crippen LogP contribution in [0.2, 0.25) is 18.1 Å². The zero-order valence-electron chi connectivity index (χ0n) is 17.7. The Labute approximate surface area is 168 Å². The summed E-state index contributed by atoms with van der Waals surface area (Å²) in [5.74, 6) is 1.25. The lowest BCUT2D eigenvalue weighted by Gasteiger charge is -2.38. The molecule has 2 N–H and O–H groups in total. The Balaban J connectivity index is 3.04. The Bertz CT molecular complexity index is 595. The van der Waals surface area contributed by atoms with Crippen molar-refractivity contribution in [3.63, 3.8) is 0 Å². The van der Waals surface area contributed by atoms with E-state index in [1.807, 2.05) is 25.6 Å². The minimum absolute atomic E-state index is 0.172. The molecule has 0 saturated heterocycles. The van der Waals surface area contributed by atoms with E-state index in [2.05, 4.69) is 65.1 Å². The predicted octanol–water partition coefficient (Wildman–Crippen LogP) is 5.70. The summed E-state index contributed by atoms with van der Waals surface area (Å²) in [5, 5.41) is 5.92. The molecule has 0 spiro atoms. The minimum atomic E-state index is -1.84. The molecule has 0 aliphatic carbocycles. The molecule has 6 heteroatoms. The van der Waals surface area contributed by atoms with E-state index >= 15 is 0 Å². The molecular formula is C20H37NO2S2Si. The van der Waals surface area contributed by atoms with Gasteiger partial charge >= 0.3 is 0 Å². The molecule has 26 heavy (non-hydrogen) atoms. The summed E-state index contributed by atoms with van der Waals surface area (Å²) >= 11 is 1.84. The molecule has 1 rings (SSSR count). The SMILES string of the molecule is CCSc1ccc([C@@H](CO[Si](C)(C)C(C)(C)C)CC(C)(C)S(N)=O)cc1. The molecule has 1 unspecified atom stereocenters. The maximum Gasteiger partial charge on any atom is 0.192 e. The van der Waals surface area contributed by atoms with Crippen LogP contribution in [0.4, 0.5) is 0 Å². The second-order valence-corrected chi connectivity index (χ2v) is 16.9. The summed E-state index contributed by atoms with van der Waals surface area (Å²) < 4.78 is 18.0. The van der Waals surface area contributed by atoms with Crippen molar-refractivity contribution in [1.82, 2.24) is 0 Å². The van der Waals surface area contributed by atoms with Gasteiger partial charge in [0.15, 0.2) is 8.32 Å². The van der Waals surface area contributed by atoms with Gasteiger partial charge in [-0.1, -0.05) is 39.8 Å². The maximum atomic E-state index is 12.0. The highest BCUT2D eigenvalue weighted by atomic mass is 32.2. The quantitative estimate of drug-likeness (QED) is 0.416. The molecule has 0 heterocycles. The fraction of sp³-hybridized carbons (Fsp3) is 0.700. The normalized spacial score (nSPS) is 15.7. The number of thioether (sulfide) groups is 1. The monoisotopic (exact) mass is 415 g/mol. The summed E-state index contributed by atoms with van der Waals surface area (Å²) in [5.41, 5.74) is 1.24. The van der Waals surface area contributed by atoms with Crippen molar-refractivity contribution in [2.75, 3.05) is 12.4 Å². The molecule has 0 saturated carbocycles. The molecule has 0 radical (unpaired) electrons. The summed E-state index contributed by atoms with van der Waals surface area (Å²) in [6, 6.07) is 8.73. The topological polar surface area (TPSA) is 52.3 Å². The molecule has 3 nitrogen and oxygen atoms in total. The van der Waals surface area contributed by atoms with Crippen LogP contribution in [0.1, 0.15) is 59.4 Å². The van der Waals surface area contributed by atoms with Gasteiger partial charge in [0.1, 0.15) is 0 Å². The van der Waals surface area contributed by atoms with Crippen LogP contribution in [0, 0.1) is 0 Å². The van der Waals surface area contributed by atoms with E-state index in [4.69, 9.17) is 9.56 Å². The van der Waals surface area contributed by atoms with E-state index < -0.39 is 24.1 Å². The number of hydrogen-bond donors (Lipinski definition) is 1. The Morgan fingerprint density at radius 2 is 1.69 bits per heavy atom. The van der Waals surface area contributed by atoms with Crippen LogP contribution in [0.25, 0.3) is 0 Å². The third kappa shape index (κ3) is 6.79. The van der Waals surface area contributed by atoms with Crippen molar-refractivity contribution in [3.05, 3.63) is 29.8 Å². The Morgan fingerprint density at radius 3 is 2.12 bits per heavy atom. The fourth-order valence-electron chi connectivity index (χ4n) is 2.48. The van der Waals surface area contributed by atoms with Crippen LogP contribution in [0.5, 0.6) is 0 Å². The first-order valence-electron chi connectivity index (χ1n) is 9.33. The van der Waals surface area contributed by atoms with E-state index in [0.29, 0.717) is 6.61 Å². The smallest absolute Gasteiger partial charge is 0.192 e. The second-order valence-electron chi connectivity index (χ2n) is 9.03. The van der Waals surface area contributed by atoms with Gasteiger partial charge in [0.25, 0.3) is 0 Å². The summed E-state index contributed by atoms with van der Waals surface area (Å²) in [6.07, 6.45) is 0.741. The van der Waals surface area contributed by atoms with Crippen LogP contribution in [-0.2, 0) is 15.4 Å². The van der Waals surface area contributed by atoms with Gasteiger partial charge in [-0.15, -0.1) is 11.8 Å². The zero-order chi connectivity index (χ0) is 20.2. The molecule has 1 aromatic rings. The lowest BCUT2D eigenvalue weighted by atomic mass is 9.90. The summed E-state index contributed by atoms with van der Waals surface area (Å²) in [4.78, 5) is 1.28. The van der Waals surface area contributed by atoms with E-state index in [1.54, 1.807) is 0 Å². The number of hydrogen-bond acceptors (Lipinski definition) is 3. The van der Waals surface area contributed by atoms with Crippen LogP contribution in [0.3, 0.4) is 0 Å². The van der Waals surface area contributed by atoms with Gasteiger partial charge in [-0.25, -0.2) is 4.21 Å². The second kappa shape index (κ2) is 9.37. The highest BCUT2D eigenvalue weighted by Crippen LogP contribution is 2.38. The van der Waals surface area contributed by atoms with Crippen molar-refractivity contribution in [2.45, 2.75) is 81.7 Å². The maximum absolute atomic E-state index is 12.0. The summed E-state index contributed by atoms with van der Waals surface area (Å²) in [6.45, 7) is 18.1. The van der Waals surface area contributed by atoms with Crippen LogP contribution in [-0.4, -0.2) is 29.6 Å². The standard InChI is InChI=1S/C20H37NO2S2Si/c1-9-24-18-12-10-16(11-13-18)17(14-20(5,6)25(21)22)15-23-26(7,8)19(2,3)4/h10-13,17H,9,14-15,21H2,1-8H3/t17-,25?/m1/s1. The molecule has 0 bridgehead atoms. The predicted molar refractivity (Wildman–Crippen MR) is 120 cm³/mol. The van der Waals surface area contributed by atoms with Crippen LogP contribution < -0.4 is 5.14 Å². The van der Waals surface area contributed by atoms with Crippen molar-refractivity contribution < 1.29 is 8.63 Å². The first-order valence-corrected chi connectivity index (χ1v) is 14.4. The third-order valence-electron chi connectivity index (χ3n) is 5.40. The van der Waals surface area contributed by atoms with Gasteiger partial charge in [-0.3, -0.25) is 5.14 Å². The molecule has 0 amide bonds. The highest BCUT2D eigenvalue weighted by Gasteiger charge is 2.38. The molecule has 0 aromatic heterocycles. The van der Waals surface area contributed by atoms with E-state index in [9.17, 15) is 4.21 Å². The first-order chi connectivity index (χ1) is 11.8. The van der Waals surface area contributed by atoms with Crippen LogP contribution >= 0.6 is 11.8 Å². The van der Waals surface area contributed by atoms with Crippen LogP contribution in [0.15, 0.2) is 29.2 Å². The first kappa shape index (κ1) is 23.9. The molecule has 0 aliphatic rings. The largest absolute Gasteiger partial charge is 0.416 e. The Morgan fingerprint density at radius 1 is 1.15 bits per heavy atom. The molecule has 0 fully saturated rings. The van der Waals surface area contributed by atoms with Crippen molar-refractivity contribution in [3.8, 4) is 0 Å². The van der Waals surface area contributed by atoms with Gasteiger partial charge in [-0.05, 0) is 61.8 Å². The fourth-order valence-corrected chi connectivity index (χ4v) is 4.56. The summed E-state index contributed by atoms with van der Waals surface area (Å²) in [7, 11) is -3.21. The lowest BCUT2D eigenvalue weighted by molar-refractivity contribution is 0.250. The Kier molecular flexibility index (Phi) is 8.61. The molecule has 0 aliphatic heterocycles. The highest BCUT2D eigenvalue weighted by molar-refractivity contribution is 7.99. The van der Waals surface area contributed by atoms with Gasteiger partial charge in [-0.2, -0.15) is 0 Å². The van der Waals surface area contributed by atoms with Crippen molar-refractivity contribution in [2.24, 2.45) is 5.14 Å². The average molecular weight is 416 g/mol. The Hall–Kier alpha value is -0.143.